The molecule has 1 aliphatic rings. The Hall–Kier alpha value is -5.02. The van der Waals surface area contributed by atoms with Crippen molar-refractivity contribution in [3.63, 3.8) is 0 Å². The van der Waals surface area contributed by atoms with Gasteiger partial charge in [-0.2, -0.15) is 5.26 Å². The molecule has 6 nitrogen and oxygen atoms in total. The topological polar surface area (TPSA) is 94.6 Å². The van der Waals surface area contributed by atoms with E-state index in [2.05, 4.69) is 13.0 Å². The Morgan fingerprint density at radius 1 is 0.925 bits per heavy atom. The monoisotopic (exact) mass is 530 g/mol. The summed E-state index contributed by atoms with van der Waals surface area (Å²) in [5.41, 5.74) is 9.76. The van der Waals surface area contributed by atoms with E-state index in [1.54, 1.807) is 12.1 Å². The minimum atomic E-state index is -0.602. The number of esters is 1. The molecule has 6 heteroatoms. The molecule has 5 rings (SSSR count). The molecule has 0 bridgehead atoms. The van der Waals surface area contributed by atoms with E-state index in [1.165, 1.54) is 0 Å². The second-order valence-corrected chi connectivity index (χ2v) is 9.54. The average molecular weight is 531 g/mol. The normalized spacial score (nSPS) is 14.2. The predicted octanol–water partition coefficient (Wildman–Crippen LogP) is 6.82. The minimum Gasteiger partial charge on any atom is -0.493 e. The fraction of sp³-hybridized carbons (Fsp3) is 0.176. The van der Waals surface area contributed by atoms with Gasteiger partial charge in [-0.25, -0.2) is 0 Å². The van der Waals surface area contributed by atoms with Crippen molar-refractivity contribution in [2.75, 3.05) is 6.61 Å². The molecule has 4 aromatic rings. The Kier molecular flexibility index (Phi) is 8.13. The van der Waals surface area contributed by atoms with E-state index >= 15 is 0 Å². The lowest BCUT2D eigenvalue weighted by Crippen LogP contribution is -2.22. The number of carbonyl (C=O) groups is 1. The Morgan fingerprint density at radius 3 is 2.23 bits per heavy atom. The van der Waals surface area contributed by atoms with Gasteiger partial charge in [0.1, 0.15) is 34.8 Å². The minimum absolute atomic E-state index is 0.0123. The summed E-state index contributed by atoms with van der Waals surface area (Å²) in [7, 11) is 0. The van der Waals surface area contributed by atoms with E-state index in [-0.39, 0.29) is 5.88 Å². The summed E-state index contributed by atoms with van der Waals surface area (Å²) < 4.78 is 17.9. The number of nitrogens with two attached hydrogens (primary N) is 1. The number of carbonyl (C=O) groups excluding carboxylic acids is 1. The van der Waals surface area contributed by atoms with E-state index in [4.69, 9.17) is 19.9 Å². The second-order valence-electron chi connectivity index (χ2n) is 9.54. The third-order valence-corrected chi connectivity index (χ3v) is 6.90. The molecule has 0 aromatic heterocycles. The highest BCUT2D eigenvalue weighted by atomic mass is 16.5. The highest BCUT2D eigenvalue weighted by molar-refractivity contribution is 5.84. The molecule has 0 radical (unpaired) electrons. The third-order valence-electron chi connectivity index (χ3n) is 6.90. The van der Waals surface area contributed by atoms with Gasteiger partial charge >= 0.3 is 5.97 Å². The number of para-hydroxylation sites is 1. The zero-order valence-corrected chi connectivity index (χ0v) is 22.2. The van der Waals surface area contributed by atoms with Gasteiger partial charge in [-0.3, -0.25) is 4.79 Å². The lowest BCUT2D eigenvalue weighted by molar-refractivity contribution is -0.135. The molecule has 1 heterocycles. The molecule has 0 fully saturated rings. The molecular weight excluding hydrogens is 500 g/mol. The smallest absolute Gasteiger partial charge is 0.323 e. The number of hydrogen-bond donors (Lipinski definition) is 1. The zero-order chi connectivity index (χ0) is 27.9. The van der Waals surface area contributed by atoms with Crippen molar-refractivity contribution in [3.05, 3.63) is 137 Å². The Balaban J connectivity index is 1.48. The van der Waals surface area contributed by atoms with E-state index in [0.29, 0.717) is 29.4 Å². The fourth-order valence-electron chi connectivity index (χ4n) is 4.93. The molecule has 2 N–H and O–H groups in total. The molecule has 0 saturated heterocycles. The number of unbranched alkanes of at least 4 members (excludes halogenated alkanes) is 1. The van der Waals surface area contributed by atoms with Gasteiger partial charge in [-0.1, -0.05) is 98.3 Å². The Bertz CT molecular complexity index is 1520. The number of fused-ring (bicyclic) bond motifs is 1. The summed E-state index contributed by atoms with van der Waals surface area (Å²) in [4.78, 5) is 13.5. The number of allylic oxidation sites excluding steroid dienone is 1. The van der Waals surface area contributed by atoms with Crippen LogP contribution in [0.2, 0.25) is 0 Å². The lowest BCUT2D eigenvalue weighted by Gasteiger charge is -2.28. The van der Waals surface area contributed by atoms with Crippen LogP contribution in [0.1, 0.15) is 53.9 Å². The van der Waals surface area contributed by atoms with Crippen LogP contribution in [0.25, 0.3) is 0 Å². The molecule has 0 spiro atoms. The van der Waals surface area contributed by atoms with Crippen LogP contribution in [-0.4, -0.2) is 12.6 Å². The first kappa shape index (κ1) is 26.6. The molecular formula is C34H30N2O4. The molecule has 1 unspecified atom stereocenters. The first-order valence-corrected chi connectivity index (χ1v) is 13.4. The van der Waals surface area contributed by atoms with Crippen molar-refractivity contribution < 1.29 is 19.0 Å². The molecule has 0 saturated carbocycles. The average Bonchev–Trinajstić information content (AvgIpc) is 2.98. The first-order chi connectivity index (χ1) is 19.6. The Morgan fingerprint density at radius 2 is 1.57 bits per heavy atom. The number of nitrogens with zero attached hydrogens (tertiary/aromatic N) is 1. The summed E-state index contributed by atoms with van der Waals surface area (Å²) in [5, 5.41) is 10.00. The van der Waals surface area contributed by atoms with Gasteiger partial charge in [0.15, 0.2) is 0 Å². The molecule has 1 atom stereocenters. The van der Waals surface area contributed by atoms with Gasteiger partial charge in [0.25, 0.3) is 0 Å². The van der Waals surface area contributed by atoms with Crippen LogP contribution in [0, 0.1) is 11.3 Å². The zero-order valence-electron chi connectivity index (χ0n) is 22.2. The predicted molar refractivity (Wildman–Crippen MR) is 153 cm³/mol. The quantitative estimate of drug-likeness (QED) is 0.145. The summed E-state index contributed by atoms with van der Waals surface area (Å²) in [5.74, 6) is -0.0596. The number of ether oxygens (including phenoxy) is 3. The maximum absolute atomic E-state index is 13.5. The molecule has 0 amide bonds. The standard InChI is InChI=1S/C34H30N2O4/c1-2-3-20-38-29-17-11-10-16-26(29)32-27-19-18-25(21-30(27)40-33(36)28(32)22-35)39-34(37)31(23-12-6-4-7-13-23)24-14-8-5-9-15-24/h4-19,21,31-32H,2-3,20,36H2,1H3. The van der Waals surface area contributed by atoms with E-state index < -0.39 is 17.8 Å². The number of hydrogen-bond acceptors (Lipinski definition) is 6. The van der Waals surface area contributed by atoms with Gasteiger partial charge in [0, 0.05) is 17.2 Å². The van der Waals surface area contributed by atoms with E-state index in [1.807, 2.05) is 91.0 Å². The summed E-state index contributed by atoms with van der Waals surface area (Å²) in [6.45, 7) is 2.68. The molecule has 0 aliphatic carbocycles. The van der Waals surface area contributed by atoms with Gasteiger partial charge < -0.3 is 19.9 Å². The first-order valence-electron chi connectivity index (χ1n) is 13.4. The van der Waals surface area contributed by atoms with Crippen molar-refractivity contribution in [1.82, 2.24) is 0 Å². The van der Waals surface area contributed by atoms with Crippen molar-refractivity contribution >= 4 is 5.97 Å². The van der Waals surface area contributed by atoms with Crippen LogP contribution in [-0.2, 0) is 4.79 Å². The summed E-state index contributed by atoms with van der Waals surface area (Å²) >= 11 is 0. The van der Waals surface area contributed by atoms with Crippen LogP contribution >= 0.6 is 0 Å². The third kappa shape index (κ3) is 5.55. The number of benzene rings is 4. The van der Waals surface area contributed by atoms with Crippen LogP contribution in [0.4, 0.5) is 0 Å². The number of rotatable bonds is 9. The van der Waals surface area contributed by atoms with E-state index in [9.17, 15) is 10.1 Å². The molecule has 40 heavy (non-hydrogen) atoms. The SMILES string of the molecule is CCCCOc1ccccc1C1C(C#N)=C(N)Oc2cc(OC(=O)C(c3ccccc3)c3ccccc3)ccc21. The lowest BCUT2D eigenvalue weighted by atomic mass is 9.83. The van der Waals surface area contributed by atoms with Crippen molar-refractivity contribution in [2.45, 2.75) is 31.6 Å². The van der Waals surface area contributed by atoms with Crippen LogP contribution in [0.3, 0.4) is 0 Å². The van der Waals surface area contributed by atoms with Crippen molar-refractivity contribution in [3.8, 4) is 23.3 Å². The van der Waals surface area contributed by atoms with E-state index in [0.717, 1.165) is 35.1 Å². The summed E-state index contributed by atoms with van der Waals surface area (Å²) in [6, 6.07) is 34.1. The number of nitriles is 1. The van der Waals surface area contributed by atoms with Gasteiger partial charge in [-0.15, -0.1) is 0 Å². The second kappa shape index (κ2) is 12.2. The fourth-order valence-corrected chi connectivity index (χ4v) is 4.93. The maximum atomic E-state index is 13.5. The van der Waals surface area contributed by atoms with Crippen LogP contribution in [0.5, 0.6) is 17.2 Å². The van der Waals surface area contributed by atoms with Crippen LogP contribution in [0.15, 0.2) is 115 Å². The maximum Gasteiger partial charge on any atom is 0.323 e. The van der Waals surface area contributed by atoms with Crippen molar-refractivity contribution in [1.29, 1.82) is 5.26 Å². The highest BCUT2D eigenvalue weighted by Crippen LogP contribution is 2.46. The Labute approximate surface area is 234 Å². The largest absolute Gasteiger partial charge is 0.493 e. The van der Waals surface area contributed by atoms with Gasteiger partial charge in [0.05, 0.1) is 12.5 Å². The van der Waals surface area contributed by atoms with Crippen LogP contribution < -0.4 is 19.9 Å². The van der Waals surface area contributed by atoms with Gasteiger partial charge in [-0.05, 0) is 29.7 Å². The van der Waals surface area contributed by atoms with Gasteiger partial charge in [0.2, 0.25) is 5.88 Å². The molecule has 4 aromatic carbocycles. The molecule has 200 valence electrons. The molecule has 1 aliphatic heterocycles. The highest BCUT2D eigenvalue weighted by Gasteiger charge is 2.33. The summed E-state index contributed by atoms with van der Waals surface area (Å²) in [6.07, 6.45) is 1.93. The van der Waals surface area contributed by atoms with Crippen molar-refractivity contribution in [2.24, 2.45) is 5.73 Å².